The molecule has 0 aliphatic carbocycles. The van der Waals surface area contributed by atoms with Crippen LogP contribution in [0.3, 0.4) is 0 Å². The summed E-state index contributed by atoms with van der Waals surface area (Å²) < 4.78 is 13.7. The van der Waals surface area contributed by atoms with Crippen molar-refractivity contribution in [2.24, 2.45) is 0 Å². The highest BCUT2D eigenvalue weighted by molar-refractivity contribution is 6.30. The lowest BCUT2D eigenvalue weighted by atomic mass is 10.1. The first-order chi connectivity index (χ1) is 8.25. The van der Waals surface area contributed by atoms with Crippen LogP contribution in [0, 0.1) is 5.82 Å². The molecule has 5 heteroatoms. The van der Waals surface area contributed by atoms with Crippen LogP contribution in [0.25, 0.3) is 22.3 Å². The predicted octanol–water partition coefficient (Wildman–Crippen LogP) is 3.42. The van der Waals surface area contributed by atoms with Gasteiger partial charge in [-0.1, -0.05) is 11.6 Å². The number of pyridine rings is 2. The van der Waals surface area contributed by atoms with E-state index in [1.54, 1.807) is 30.6 Å². The average molecular weight is 248 g/mol. The lowest BCUT2D eigenvalue weighted by Gasteiger charge is -2.02. The molecule has 0 amide bonds. The molecule has 0 saturated heterocycles. The zero-order chi connectivity index (χ0) is 11.8. The fourth-order valence-electron chi connectivity index (χ4n) is 1.78. The van der Waals surface area contributed by atoms with Gasteiger partial charge in [-0.15, -0.1) is 0 Å². The van der Waals surface area contributed by atoms with Gasteiger partial charge < -0.3 is 4.98 Å². The maximum absolute atomic E-state index is 13.7. The number of fused-ring (bicyclic) bond motifs is 1. The Labute approximate surface area is 101 Å². The highest BCUT2D eigenvalue weighted by Gasteiger charge is 2.11. The Bertz CT molecular complexity index is 693. The molecule has 3 nitrogen and oxygen atoms in total. The van der Waals surface area contributed by atoms with Crippen LogP contribution in [0.1, 0.15) is 0 Å². The maximum atomic E-state index is 13.7. The average Bonchev–Trinajstić information content (AvgIpc) is 2.71. The van der Waals surface area contributed by atoms with Crippen molar-refractivity contribution in [3.8, 4) is 11.3 Å². The number of nitrogens with zero attached hydrogens (tertiary/aromatic N) is 2. The maximum Gasteiger partial charge on any atom is 0.150 e. The highest BCUT2D eigenvalue weighted by Crippen LogP contribution is 2.28. The van der Waals surface area contributed by atoms with Crippen molar-refractivity contribution in [2.75, 3.05) is 0 Å². The van der Waals surface area contributed by atoms with Gasteiger partial charge in [0.15, 0.2) is 5.82 Å². The molecule has 0 fully saturated rings. The third-order valence-electron chi connectivity index (χ3n) is 2.52. The first-order valence-corrected chi connectivity index (χ1v) is 5.37. The number of hydrogen-bond donors (Lipinski definition) is 1. The van der Waals surface area contributed by atoms with E-state index >= 15 is 0 Å². The van der Waals surface area contributed by atoms with Crippen LogP contribution in [0.2, 0.25) is 5.02 Å². The third kappa shape index (κ3) is 1.66. The molecule has 0 saturated carbocycles. The van der Waals surface area contributed by atoms with Crippen LogP contribution in [0.4, 0.5) is 4.39 Å². The lowest BCUT2D eigenvalue weighted by molar-refractivity contribution is 0.639. The van der Waals surface area contributed by atoms with Crippen molar-refractivity contribution in [2.45, 2.75) is 0 Å². The van der Waals surface area contributed by atoms with Gasteiger partial charge >= 0.3 is 0 Å². The Morgan fingerprint density at radius 1 is 1.18 bits per heavy atom. The van der Waals surface area contributed by atoms with Gasteiger partial charge in [0, 0.05) is 29.2 Å². The van der Waals surface area contributed by atoms with E-state index in [-0.39, 0.29) is 5.82 Å². The molecule has 0 aliphatic heterocycles. The Morgan fingerprint density at radius 3 is 2.82 bits per heavy atom. The van der Waals surface area contributed by atoms with E-state index < -0.39 is 0 Å². The van der Waals surface area contributed by atoms with Crippen molar-refractivity contribution in [3.63, 3.8) is 0 Å². The third-order valence-corrected chi connectivity index (χ3v) is 2.76. The first-order valence-electron chi connectivity index (χ1n) is 4.99. The van der Waals surface area contributed by atoms with Crippen LogP contribution in [0.5, 0.6) is 0 Å². The second kappa shape index (κ2) is 3.82. The summed E-state index contributed by atoms with van der Waals surface area (Å²) in [4.78, 5) is 11.0. The van der Waals surface area contributed by atoms with Gasteiger partial charge in [-0.05, 0) is 18.2 Å². The Kier molecular flexibility index (Phi) is 2.30. The van der Waals surface area contributed by atoms with Crippen LogP contribution >= 0.6 is 11.6 Å². The molecular formula is C12H7ClFN3. The Balaban J connectivity index is 2.33. The number of nitrogens with one attached hydrogen (secondary N) is 1. The molecule has 0 aromatic carbocycles. The second-order valence-corrected chi connectivity index (χ2v) is 4.01. The molecule has 3 aromatic rings. The highest BCUT2D eigenvalue weighted by atomic mass is 35.5. The van der Waals surface area contributed by atoms with Crippen molar-refractivity contribution < 1.29 is 4.39 Å². The van der Waals surface area contributed by atoms with E-state index in [1.165, 1.54) is 6.20 Å². The fourth-order valence-corrected chi connectivity index (χ4v) is 1.94. The van der Waals surface area contributed by atoms with E-state index in [1.807, 2.05) is 0 Å². The fraction of sp³-hybridized carbons (Fsp3) is 0. The minimum absolute atomic E-state index is 0.343. The minimum Gasteiger partial charge on any atom is -0.343 e. The summed E-state index contributed by atoms with van der Waals surface area (Å²) in [6.07, 6.45) is 4.48. The Morgan fingerprint density at radius 2 is 2.00 bits per heavy atom. The van der Waals surface area contributed by atoms with Gasteiger partial charge in [0.05, 0.1) is 11.1 Å². The monoisotopic (exact) mass is 247 g/mol. The molecule has 1 N–H and O–H groups in total. The predicted molar refractivity (Wildman–Crippen MR) is 64.3 cm³/mol. The summed E-state index contributed by atoms with van der Waals surface area (Å²) in [5, 5.41) is 0.998. The van der Waals surface area contributed by atoms with Gasteiger partial charge in [-0.3, -0.25) is 4.98 Å². The van der Waals surface area contributed by atoms with Gasteiger partial charge in [0.25, 0.3) is 0 Å². The molecule has 0 unspecified atom stereocenters. The summed E-state index contributed by atoms with van der Waals surface area (Å²) in [5.41, 5.74) is 1.81. The summed E-state index contributed by atoms with van der Waals surface area (Å²) in [6, 6.07) is 5.09. The van der Waals surface area contributed by atoms with Crippen molar-refractivity contribution in [1.29, 1.82) is 0 Å². The minimum atomic E-state index is -0.343. The topological polar surface area (TPSA) is 41.6 Å². The molecule has 84 valence electrons. The lowest BCUT2D eigenvalue weighted by Crippen LogP contribution is -1.86. The van der Waals surface area contributed by atoms with Crippen LogP contribution in [0.15, 0.2) is 36.8 Å². The molecule has 3 aromatic heterocycles. The molecule has 0 spiro atoms. The van der Waals surface area contributed by atoms with Crippen molar-refractivity contribution in [1.82, 2.24) is 15.0 Å². The van der Waals surface area contributed by atoms with E-state index in [2.05, 4.69) is 15.0 Å². The van der Waals surface area contributed by atoms with Gasteiger partial charge in [0.1, 0.15) is 5.65 Å². The second-order valence-electron chi connectivity index (χ2n) is 3.58. The van der Waals surface area contributed by atoms with E-state index in [0.29, 0.717) is 27.3 Å². The molecule has 17 heavy (non-hydrogen) atoms. The number of aromatic amines is 1. The molecule has 0 atom stereocenters. The van der Waals surface area contributed by atoms with Gasteiger partial charge in [-0.2, -0.15) is 0 Å². The summed E-state index contributed by atoms with van der Waals surface area (Å²) in [6.45, 7) is 0. The van der Waals surface area contributed by atoms with Crippen LogP contribution < -0.4 is 0 Å². The standard InChI is InChI=1S/C12H7ClFN3/c13-7-1-3-15-10(5-7)8-2-4-16-12-11(8)9(14)6-17-12/h1-6H,(H,16,17). The molecule has 0 radical (unpaired) electrons. The number of aromatic nitrogens is 3. The smallest absolute Gasteiger partial charge is 0.150 e. The molecule has 0 aliphatic rings. The number of hydrogen-bond acceptors (Lipinski definition) is 2. The quantitative estimate of drug-likeness (QED) is 0.716. The normalized spacial score (nSPS) is 10.9. The SMILES string of the molecule is Fc1c[nH]c2nccc(-c3cc(Cl)ccn3)c12. The molecular weight excluding hydrogens is 241 g/mol. The largest absolute Gasteiger partial charge is 0.343 e. The van der Waals surface area contributed by atoms with Crippen molar-refractivity contribution >= 4 is 22.6 Å². The van der Waals surface area contributed by atoms with E-state index in [9.17, 15) is 4.39 Å². The Hall–Kier alpha value is -1.94. The van der Waals surface area contributed by atoms with Crippen molar-refractivity contribution in [3.05, 3.63) is 47.6 Å². The molecule has 0 bridgehead atoms. The van der Waals surface area contributed by atoms with Gasteiger partial charge in [0.2, 0.25) is 0 Å². The number of H-pyrrole nitrogens is 1. The molecule has 3 rings (SSSR count). The van der Waals surface area contributed by atoms with E-state index in [4.69, 9.17) is 11.6 Å². The first kappa shape index (κ1) is 10.2. The van der Waals surface area contributed by atoms with Crippen LogP contribution in [-0.2, 0) is 0 Å². The van der Waals surface area contributed by atoms with Gasteiger partial charge in [-0.25, -0.2) is 9.37 Å². The van der Waals surface area contributed by atoms with Crippen LogP contribution in [-0.4, -0.2) is 15.0 Å². The summed E-state index contributed by atoms with van der Waals surface area (Å²) in [7, 11) is 0. The number of halogens is 2. The molecule has 3 heterocycles. The zero-order valence-corrected chi connectivity index (χ0v) is 9.37. The van der Waals surface area contributed by atoms with E-state index in [0.717, 1.165) is 0 Å². The number of rotatable bonds is 1. The zero-order valence-electron chi connectivity index (χ0n) is 8.61. The summed E-state index contributed by atoms with van der Waals surface area (Å²) in [5.74, 6) is -0.343. The summed E-state index contributed by atoms with van der Waals surface area (Å²) >= 11 is 5.90.